The molecule has 85 valence electrons. The van der Waals surface area contributed by atoms with E-state index in [1.165, 1.54) is 14.7 Å². The molecule has 0 aliphatic heterocycles. The van der Waals surface area contributed by atoms with Crippen molar-refractivity contribution < 1.29 is 14.6 Å². The van der Waals surface area contributed by atoms with Crippen molar-refractivity contribution in [2.45, 2.75) is 19.4 Å². The van der Waals surface area contributed by atoms with Gasteiger partial charge in [-0.25, -0.2) is 0 Å². The lowest BCUT2D eigenvalue weighted by atomic mass is 10.0. The molecule has 0 aromatic heterocycles. The number of carbonyl (C=O) groups is 1. The zero-order valence-corrected chi connectivity index (χ0v) is 9.43. The molecule has 1 aromatic carbocycles. The third kappa shape index (κ3) is 4.04. The van der Waals surface area contributed by atoms with Crippen LogP contribution in [0.4, 0.5) is 0 Å². The summed E-state index contributed by atoms with van der Waals surface area (Å²) < 4.78 is 4.68. The van der Waals surface area contributed by atoms with Crippen LogP contribution in [-0.2, 0) is 15.9 Å². The van der Waals surface area contributed by atoms with Crippen LogP contribution in [0.1, 0.15) is 11.1 Å². The monoisotopic (exact) mass is 220 g/mol. The SMILES string of the molecule is CO[B]NC(Cc1cccc(C)c1)C(=O)O. The van der Waals surface area contributed by atoms with Gasteiger partial charge in [-0.3, -0.25) is 4.79 Å². The maximum atomic E-state index is 11.0. The normalized spacial score (nSPS) is 12.1. The van der Waals surface area contributed by atoms with Gasteiger partial charge in [-0.15, -0.1) is 0 Å². The van der Waals surface area contributed by atoms with Crippen molar-refractivity contribution in [3.05, 3.63) is 35.4 Å². The summed E-state index contributed by atoms with van der Waals surface area (Å²) >= 11 is 0. The van der Waals surface area contributed by atoms with Crippen molar-refractivity contribution in [1.82, 2.24) is 5.23 Å². The van der Waals surface area contributed by atoms with E-state index in [0.717, 1.165) is 11.1 Å². The molecule has 1 aromatic rings. The summed E-state index contributed by atoms with van der Waals surface area (Å²) in [7, 11) is 2.76. The molecule has 4 nitrogen and oxygen atoms in total. The highest BCUT2D eigenvalue weighted by atomic mass is 16.4. The second kappa shape index (κ2) is 6.30. The van der Waals surface area contributed by atoms with Gasteiger partial charge < -0.3 is 15.0 Å². The Kier molecular flexibility index (Phi) is 5.02. The molecule has 1 atom stereocenters. The van der Waals surface area contributed by atoms with E-state index < -0.39 is 12.0 Å². The molecule has 1 unspecified atom stereocenters. The highest BCUT2D eigenvalue weighted by molar-refractivity contribution is 6.24. The number of rotatable bonds is 6. The average molecular weight is 220 g/mol. The van der Waals surface area contributed by atoms with Gasteiger partial charge in [0.05, 0.1) is 0 Å². The van der Waals surface area contributed by atoms with E-state index in [0.29, 0.717) is 6.42 Å². The third-order valence-electron chi connectivity index (χ3n) is 2.21. The predicted molar refractivity (Wildman–Crippen MR) is 62.2 cm³/mol. The Balaban J connectivity index is 2.64. The van der Waals surface area contributed by atoms with Crippen molar-refractivity contribution in [3.63, 3.8) is 0 Å². The summed E-state index contributed by atoms with van der Waals surface area (Å²) in [5.74, 6) is -0.894. The molecule has 0 fully saturated rings. The molecular weight excluding hydrogens is 205 g/mol. The minimum atomic E-state index is -0.894. The first-order valence-electron chi connectivity index (χ1n) is 5.02. The first-order chi connectivity index (χ1) is 7.63. The standard InChI is InChI=1S/C11H15BNO3/c1-8-4-3-5-9(6-8)7-10(11(14)15)13-12-16-2/h3-6,10,13H,7H2,1-2H3,(H,14,15). The fourth-order valence-electron chi connectivity index (χ4n) is 1.44. The molecule has 0 aliphatic carbocycles. The number of aryl methyl sites for hydroxylation is 1. The lowest BCUT2D eigenvalue weighted by molar-refractivity contribution is -0.139. The number of aliphatic carboxylic acids is 1. The molecule has 0 aliphatic rings. The van der Waals surface area contributed by atoms with Crippen LogP contribution in [-0.4, -0.2) is 31.8 Å². The van der Waals surface area contributed by atoms with Crippen LogP contribution in [0.2, 0.25) is 0 Å². The van der Waals surface area contributed by atoms with Gasteiger partial charge in [-0.05, 0) is 18.9 Å². The fourth-order valence-corrected chi connectivity index (χ4v) is 1.44. The van der Waals surface area contributed by atoms with Crippen LogP contribution in [0.3, 0.4) is 0 Å². The van der Waals surface area contributed by atoms with E-state index in [1.54, 1.807) is 0 Å². The number of hydrogen-bond donors (Lipinski definition) is 2. The van der Waals surface area contributed by atoms with Crippen LogP contribution in [0.15, 0.2) is 24.3 Å². The van der Waals surface area contributed by atoms with Crippen molar-refractivity contribution in [1.29, 1.82) is 0 Å². The van der Waals surface area contributed by atoms with Crippen molar-refractivity contribution in [3.8, 4) is 0 Å². The molecule has 1 rings (SSSR count). The lowest BCUT2D eigenvalue weighted by Crippen LogP contribution is -2.41. The Morgan fingerprint density at radius 1 is 1.62 bits per heavy atom. The largest absolute Gasteiger partial charge is 0.480 e. The second-order valence-electron chi connectivity index (χ2n) is 3.60. The first kappa shape index (κ1) is 12.7. The molecule has 2 N–H and O–H groups in total. The zero-order chi connectivity index (χ0) is 12.0. The number of nitrogens with one attached hydrogen (secondary N) is 1. The average Bonchev–Trinajstić information content (AvgIpc) is 2.24. The molecule has 1 radical (unpaired) electrons. The molecule has 0 saturated carbocycles. The maximum absolute atomic E-state index is 11.0. The van der Waals surface area contributed by atoms with E-state index >= 15 is 0 Å². The lowest BCUT2D eigenvalue weighted by Gasteiger charge is -2.13. The second-order valence-corrected chi connectivity index (χ2v) is 3.60. The minimum Gasteiger partial charge on any atom is -0.480 e. The number of carboxylic acids is 1. The van der Waals surface area contributed by atoms with E-state index in [2.05, 4.69) is 9.88 Å². The summed E-state index contributed by atoms with van der Waals surface area (Å²) in [5, 5.41) is 11.7. The summed E-state index contributed by atoms with van der Waals surface area (Å²) in [6.07, 6.45) is 0.427. The summed E-state index contributed by atoms with van der Waals surface area (Å²) in [6.45, 7) is 1.98. The van der Waals surface area contributed by atoms with E-state index in [9.17, 15) is 4.79 Å². The van der Waals surface area contributed by atoms with Gasteiger partial charge in [0.2, 0.25) is 0 Å². The minimum absolute atomic E-state index is 0.427. The van der Waals surface area contributed by atoms with Gasteiger partial charge >= 0.3 is 13.6 Å². The number of hydrogen-bond acceptors (Lipinski definition) is 3. The quantitative estimate of drug-likeness (QED) is 0.695. The fraction of sp³-hybridized carbons (Fsp3) is 0.364. The Labute approximate surface area is 95.9 Å². The number of benzene rings is 1. The van der Waals surface area contributed by atoms with Gasteiger partial charge in [0.1, 0.15) is 6.04 Å². The van der Waals surface area contributed by atoms with Crippen molar-refractivity contribution in [2.75, 3.05) is 7.11 Å². The molecular formula is C11H15BNO3. The smallest absolute Gasteiger partial charge is 0.396 e. The van der Waals surface area contributed by atoms with Crippen molar-refractivity contribution in [2.24, 2.45) is 0 Å². The predicted octanol–water partition coefficient (Wildman–Crippen LogP) is 0.761. The van der Waals surface area contributed by atoms with E-state index in [1.807, 2.05) is 31.2 Å². The Morgan fingerprint density at radius 2 is 2.38 bits per heavy atom. The van der Waals surface area contributed by atoms with Crippen LogP contribution in [0.25, 0.3) is 0 Å². The topological polar surface area (TPSA) is 58.6 Å². The Hall–Kier alpha value is -1.33. The van der Waals surface area contributed by atoms with Crippen LogP contribution in [0, 0.1) is 6.92 Å². The van der Waals surface area contributed by atoms with Crippen molar-refractivity contribution >= 4 is 13.6 Å². The van der Waals surface area contributed by atoms with Crippen LogP contribution in [0.5, 0.6) is 0 Å². The highest BCUT2D eigenvalue weighted by Crippen LogP contribution is 2.07. The summed E-state index contributed by atoms with van der Waals surface area (Å²) in [6, 6.07) is 7.13. The van der Waals surface area contributed by atoms with Gasteiger partial charge in [-0.1, -0.05) is 29.8 Å². The molecule has 0 amide bonds. The van der Waals surface area contributed by atoms with Gasteiger partial charge in [0, 0.05) is 7.11 Å². The third-order valence-corrected chi connectivity index (χ3v) is 2.21. The molecule has 16 heavy (non-hydrogen) atoms. The van der Waals surface area contributed by atoms with Crippen LogP contribution < -0.4 is 5.23 Å². The molecule has 5 heteroatoms. The van der Waals surface area contributed by atoms with Gasteiger partial charge in [0.25, 0.3) is 0 Å². The Morgan fingerprint density at radius 3 is 2.94 bits per heavy atom. The van der Waals surface area contributed by atoms with E-state index in [-0.39, 0.29) is 0 Å². The first-order valence-corrected chi connectivity index (χ1v) is 5.02. The van der Waals surface area contributed by atoms with Crippen LogP contribution >= 0.6 is 0 Å². The molecule has 0 bridgehead atoms. The van der Waals surface area contributed by atoms with E-state index in [4.69, 9.17) is 5.11 Å². The zero-order valence-electron chi connectivity index (χ0n) is 9.43. The molecule has 0 saturated heterocycles. The summed E-state index contributed by atoms with van der Waals surface area (Å²) in [5.41, 5.74) is 2.11. The van der Waals surface area contributed by atoms with Gasteiger partial charge in [0.15, 0.2) is 0 Å². The molecule has 0 spiro atoms. The summed E-state index contributed by atoms with van der Waals surface area (Å²) in [4.78, 5) is 11.0. The highest BCUT2D eigenvalue weighted by Gasteiger charge is 2.17. The number of carboxylic acid groups (broad SMARTS) is 1. The maximum Gasteiger partial charge on any atom is 0.396 e. The molecule has 0 heterocycles. The van der Waals surface area contributed by atoms with Gasteiger partial charge in [-0.2, -0.15) is 0 Å². The Bertz CT molecular complexity index is 357.